The molecule has 0 radical (unpaired) electrons. The zero-order valence-corrected chi connectivity index (χ0v) is 16.4. The van der Waals surface area contributed by atoms with E-state index in [-0.39, 0.29) is 0 Å². The van der Waals surface area contributed by atoms with Gasteiger partial charge in [-0.2, -0.15) is 0 Å². The predicted octanol–water partition coefficient (Wildman–Crippen LogP) is 4.11. The Bertz CT molecular complexity index is 905. The van der Waals surface area contributed by atoms with E-state index < -0.39 is 0 Å². The van der Waals surface area contributed by atoms with E-state index in [0.717, 1.165) is 42.4 Å². The topological polar surface area (TPSA) is 39.6 Å². The number of phenolic OH excluding ortho intramolecular Hbond substituents is 1. The van der Waals surface area contributed by atoms with Gasteiger partial charge in [0.25, 0.3) is 0 Å². The van der Waals surface area contributed by atoms with Crippen LogP contribution in [0.2, 0.25) is 0 Å². The lowest BCUT2D eigenvalue weighted by molar-refractivity contribution is 0.132. The minimum atomic E-state index is 0.405. The van der Waals surface area contributed by atoms with E-state index in [1.54, 1.807) is 17.4 Å². The highest BCUT2D eigenvalue weighted by Crippen LogP contribution is 2.34. The standard InChI is InChI=1S/C21H27N3OS/c1-23(2)15-5-3-10-24(14-15)11-4-6-16-19(25)8-7-18-21(16)17-9-12-26-20(17)13-22-18/h7-9,12-13,15,25H,3-6,10-11,14H2,1-2H3. The Morgan fingerprint density at radius 1 is 1.31 bits per heavy atom. The number of hydrogen-bond acceptors (Lipinski definition) is 5. The average Bonchev–Trinajstić information content (AvgIpc) is 3.12. The van der Waals surface area contributed by atoms with Crippen LogP contribution < -0.4 is 0 Å². The summed E-state index contributed by atoms with van der Waals surface area (Å²) in [7, 11) is 4.36. The van der Waals surface area contributed by atoms with Crippen molar-refractivity contribution in [2.45, 2.75) is 31.7 Å². The summed E-state index contributed by atoms with van der Waals surface area (Å²) in [5.41, 5.74) is 2.04. The van der Waals surface area contributed by atoms with Crippen molar-refractivity contribution >= 4 is 32.3 Å². The highest BCUT2D eigenvalue weighted by atomic mass is 32.1. The van der Waals surface area contributed by atoms with Crippen LogP contribution in [0.1, 0.15) is 24.8 Å². The molecule has 4 nitrogen and oxygen atoms in total. The minimum absolute atomic E-state index is 0.405. The SMILES string of the molecule is CN(C)C1CCCN(CCCc2c(O)ccc3ncc4sccc4c23)C1. The van der Waals surface area contributed by atoms with Crippen molar-refractivity contribution in [2.24, 2.45) is 0 Å². The Morgan fingerprint density at radius 3 is 3.04 bits per heavy atom. The third kappa shape index (κ3) is 3.43. The van der Waals surface area contributed by atoms with Gasteiger partial charge in [0.05, 0.1) is 10.2 Å². The van der Waals surface area contributed by atoms with E-state index in [4.69, 9.17) is 0 Å². The van der Waals surface area contributed by atoms with Crippen LogP contribution in [0, 0.1) is 0 Å². The molecule has 3 heterocycles. The van der Waals surface area contributed by atoms with Crippen LogP contribution in [0.5, 0.6) is 5.75 Å². The first kappa shape index (κ1) is 17.7. The zero-order valence-electron chi connectivity index (χ0n) is 15.6. The highest BCUT2D eigenvalue weighted by molar-refractivity contribution is 7.17. The molecule has 0 saturated carbocycles. The number of aromatic hydroxyl groups is 1. The van der Waals surface area contributed by atoms with Crippen molar-refractivity contribution in [3.8, 4) is 5.75 Å². The number of aromatic nitrogens is 1. The van der Waals surface area contributed by atoms with Gasteiger partial charge in [-0.05, 0) is 76.4 Å². The average molecular weight is 370 g/mol. The summed E-state index contributed by atoms with van der Waals surface area (Å²) in [6, 6.07) is 6.55. The van der Waals surface area contributed by atoms with Gasteiger partial charge in [0, 0.05) is 35.1 Å². The molecule has 0 spiro atoms. The summed E-state index contributed by atoms with van der Waals surface area (Å²) < 4.78 is 1.19. The molecule has 3 aromatic rings. The number of thiophene rings is 1. The van der Waals surface area contributed by atoms with Crippen molar-refractivity contribution < 1.29 is 5.11 Å². The predicted molar refractivity (Wildman–Crippen MR) is 110 cm³/mol. The fourth-order valence-electron chi connectivity index (χ4n) is 4.18. The molecule has 1 saturated heterocycles. The van der Waals surface area contributed by atoms with Crippen LogP contribution in [0.25, 0.3) is 21.0 Å². The smallest absolute Gasteiger partial charge is 0.119 e. The van der Waals surface area contributed by atoms with Crippen molar-refractivity contribution in [3.05, 3.63) is 35.3 Å². The molecule has 4 rings (SSSR count). The van der Waals surface area contributed by atoms with Crippen molar-refractivity contribution in [3.63, 3.8) is 0 Å². The molecule has 1 aliphatic rings. The Balaban J connectivity index is 1.52. The Labute approximate surface area is 159 Å². The number of benzene rings is 1. The van der Waals surface area contributed by atoms with Gasteiger partial charge in [-0.15, -0.1) is 11.3 Å². The minimum Gasteiger partial charge on any atom is -0.508 e. The first-order valence-electron chi connectivity index (χ1n) is 9.49. The van der Waals surface area contributed by atoms with Crippen LogP contribution in [-0.4, -0.2) is 59.7 Å². The van der Waals surface area contributed by atoms with E-state index in [9.17, 15) is 5.11 Å². The van der Waals surface area contributed by atoms with Gasteiger partial charge in [-0.1, -0.05) is 0 Å². The fraction of sp³-hybridized carbons (Fsp3) is 0.476. The van der Waals surface area contributed by atoms with Gasteiger partial charge < -0.3 is 14.9 Å². The molecule has 1 aromatic carbocycles. The first-order valence-corrected chi connectivity index (χ1v) is 10.4. The normalized spacial score (nSPS) is 19.0. The first-order chi connectivity index (χ1) is 12.6. The third-order valence-corrected chi connectivity index (χ3v) is 6.52. The fourth-order valence-corrected chi connectivity index (χ4v) is 4.94. The molecule has 1 fully saturated rings. The van der Waals surface area contributed by atoms with E-state index in [0.29, 0.717) is 11.8 Å². The van der Waals surface area contributed by atoms with Crippen molar-refractivity contribution in [2.75, 3.05) is 33.7 Å². The summed E-state index contributed by atoms with van der Waals surface area (Å²) in [5.74, 6) is 0.405. The maximum absolute atomic E-state index is 10.5. The van der Waals surface area contributed by atoms with Gasteiger partial charge >= 0.3 is 0 Å². The number of aryl methyl sites for hydroxylation is 1. The summed E-state index contributed by atoms with van der Waals surface area (Å²) in [6.45, 7) is 3.44. The van der Waals surface area contributed by atoms with Crippen LogP contribution in [-0.2, 0) is 6.42 Å². The summed E-state index contributed by atoms with van der Waals surface area (Å²) in [5, 5.41) is 15.0. The summed E-state index contributed by atoms with van der Waals surface area (Å²) >= 11 is 1.71. The largest absolute Gasteiger partial charge is 0.508 e. The maximum atomic E-state index is 10.5. The lowest BCUT2D eigenvalue weighted by Gasteiger charge is -2.36. The lowest BCUT2D eigenvalue weighted by Crippen LogP contribution is -2.45. The molecule has 0 bridgehead atoms. The number of rotatable bonds is 5. The molecule has 26 heavy (non-hydrogen) atoms. The Hall–Kier alpha value is -1.69. The molecule has 1 aliphatic heterocycles. The molecule has 2 aromatic heterocycles. The highest BCUT2D eigenvalue weighted by Gasteiger charge is 2.21. The maximum Gasteiger partial charge on any atom is 0.119 e. The van der Waals surface area contributed by atoms with E-state index in [2.05, 4.69) is 40.3 Å². The Morgan fingerprint density at radius 2 is 2.19 bits per heavy atom. The lowest BCUT2D eigenvalue weighted by atomic mass is 9.99. The van der Waals surface area contributed by atoms with Crippen LogP contribution in [0.4, 0.5) is 0 Å². The molecule has 1 atom stereocenters. The van der Waals surface area contributed by atoms with Crippen molar-refractivity contribution in [1.29, 1.82) is 0 Å². The second-order valence-electron chi connectivity index (χ2n) is 7.58. The molecular formula is C21H27N3OS. The summed E-state index contributed by atoms with van der Waals surface area (Å²) in [4.78, 5) is 9.52. The molecule has 1 unspecified atom stereocenters. The molecular weight excluding hydrogens is 342 g/mol. The monoisotopic (exact) mass is 369 g/mol. The number of likely N-dealkylation sites (N-methyl/N-ethyl adjacent to an activating group) is 1. The van der Waals surface area contributed by atoms with Gasteiger partial charge in [0.2, 0.25) is 0 Å². The van der Waals surface area contributed by atoms with Crippen LogP contribution >= 0.6 is 11.3 Å². The third-order valence-electron chi connectivity index (χ3n) is 5.66. The van der Waals surface area contributed by atoms with Crippen LogP contribution in [0.15, 0.2) is 29.8 Å². The number of nitrogens with zero attached hydrogens (tertiary/aromatic N) is 3. The number of phenols is 1. The molecule has 0 amide bonds. The molecule has 0 aliphatic carbocycles. The van der Waals surface area contributed by atoms with E-state index in [1.807, 2.05) is 12.3 Å². The second-order valence-corrected chi connectivity index (χ2v) is 8.53. The number of piperidine rings is 1. The molecule has 5 heteroatoms. The van der Waals surface area contributed by atoms with Gasteiger partial charge in [-0.3, -0.25) is 4.98 Å². The van der Waals surface area contributed by atoms with Gasteiger partial charge in [-0.25, -0.2) is 0 Å². The number of pyridine rings is 1. The van der Waals surface area contributed by atoms with Gasteiger partial charge in [0.1, 0.15) is 5.75 Å². The van der Waals surface area contributed by atoms with E-state index in [1.165, 1.54) is 29.5 Å². The number of hydrogen-bond donors (Lipinski definition) is 1. The quantitative estimate of drug-likeness (QED) is 0.734. The second kappa shape index (κ2) is 7.51. The van der Waals surface area contributed by atoms with E-state index >= 15 is 0 Å². The molecule has 1 N–H and O–H groups in total. The summed E-state index contributed by atoms with van der Waals surface area (Å²) in [6.07, 6.45) is 6.48. The number of fused-ring (bicyclic) bond motifs is 3. The van der Waals surface area contributed by atoms with Crippen LogP contribution in [0.3, 0.4) is 0 Å². The van der Waals surface area contributed by atoms with Gasteiger partial charge in [0.15, 0.2) is 0 Å². The Kier molecular flexibility index (Phi) is 5.11. The van der Waals surface area contributed by atoms with Crippen molar-refractivity contribution in [1.82, 2.24) is 14.8 Å². The molecule has 138 valence electrons. The number of likely N-dealkylation sites (tertiary alicyclic amines) is 1. The zero-order chi connectivity index (χ0) is 18.1.